The molecule has 1 saturated heterocycles. The number of nitrogens with zero attached hydrogens (tertiary/aromatic N) is 2. The maximum absolute atomic E-state index is 13.0. The van der Waals surface area contributed by atoms with Gasteiger partial charge in [0, 0.05) is 30.7 Å². The molecule has 2 aromatic rings. The van der Waals surface area contributed by atoms with Crippen LogP contribution in [-0.2, 0) is 26.5 Å². The van der Waals surface area contributed by atoms with E-state index in [9.17, 15) is 14.7 Å². The van der Waals surface area contributed by atoms with Crippen molar-refractivity contribution in [1.82, 2.24) is 9.88 Å². The zero-order chi connectivity index (χ0) is 22.4. The lowest BCUT2D eigenvalue weighted by molar-refractivity contribution is -0.202. The number of methoxy groups -OCH3 is 1. The Kier molecular flexibility index (Phi) is 7.64. The van der Waals surface area contributed by atoms with Crippen LogP contribution in [0.2, 0.25) is 5.02 Å². The number of halogens is 1. The first-order valence-corrected chi connectivity index (χ1v) is 10.6. The van der Waals surface area contributed by atoms with Gasteiger partial charge in [0.2, 0.25) is 11.7 Å². The molecule has 166 valence electrons. The van der Waals surface area contributed by atoms with Crippen molar-refractivity contribution in [2.24, 2.45) is 5.92 Å². The minimum absolute atomic E-state index is 0.191. The van der Waals surface area contributed by atoms with E-state index < -0.39 is 17.8 Å². The molecule has 3 atom stereocenters. The summed E-state index contributed by atoms with van der Waals surface area (Å²) in [4.78, 5) is 30.6. The first-order chi connectivity index (χ1) is 14.8. The lowest BCUT2D eigenvalue weighted by Crippen LogP contribution is -2.43. The number of carbonyl (C=O) groups excluding carboxylic acids is 2. The first kappa shape index (κ1) is 23.2. The number of benzene rings is 1. The second-order valence-electron chi connectivity index (χ2n) is 7.77. The molecule has 1 aliphatic heterocycles. The standard InChI is InChI=1S/C23H27ClN2O5/c1-16(7-6-11-23(29,30-2)20-14-18(24)10-12-25-20)21(27)26-19(15-31-22(26)28)13-17-8-4-3-5-9-17/h3-5,8-10,12,14,16,19,29H,6-7,11,13,15H2,1-2H3/t16-,19-,23+/m1/s1. The highest BCUT2D eigenvalue weighted by molar-refractivity contribution is 6.30. The molecule has 1 aromatic carbocycles. The summed E-state index contributed by atoms with van der Waals surface area (Å²) in [5.74, 6) is -2.29. The van der Waals surface area contributed by atoms with E-state index in [1.807, 2.05) is 30.3 Å². The monoisotopic (exact) mass is 446 g/mol. The van der Waals surface area contributed by atoms with Crippen molar-refractivity contribution in [1.29, 1.82) is 0 Å². The van der Waals surface area contributed by atoms with Crippen molar-refractivity contribution < 1.29 is 24.2 Å². The van der Waals surface area contributed by atoms with Gasteiger partial charge in [-0.25, -0.2) is 9.69 Å². The number of carbonyl (C=O) groups is 2. The molecule has 0 saturated carbocycles. The molecule has 1 aromatic heterocycles. The Morgan fingerprint density at radius 3 is 2.81 bits per heavy atom. The highest BCUT2D eigenvalue weighted by Crippen LogP contribution is 2.29. The minimum atomic E-state index is -1.60. The number of hydrogen-bond acceptors (Lipinski definition) is 6. The van der Waals surface area contributed by atoms with Crippen LogP contribution in [0.25, 0.3) is 0 Å². The number of aromatic nitrogens is 1. The lowest BCUT2D eigenvalue weighted by Gasteiger charge is -2.27. The zero-order valence-electron chi connectivity index (χ0n) is 17.7. The van der Waals surface area contributed by atoms with Gasteiger partial charge in [-0.2, -0.15) is 0 Å². The Balaban J connectivity index is 1.59. The van der Waals surface area contributed by atoms with Gasteiger partial charge in [0.25, 0.3) is 0 Å². The van der Waals surface area contributed by atoms with Gasteiger partial charge in [-0.3, -0.25) is 9.78 Å². The van der Waals surface area contributed by atoms with Gasteiger partial charge in [-0.05, 0) is 37.0 Å². The normalized spacial score (nSPS) is 19.0. The molecule has 2 heterocycles. The SMILES string of the molecule is CO[C@@](O)(CCC[C@@H](C)C(=O)N1C(=O)OC[C@H]1Cc1ccccc1)c1cc(Cl)ccn1. The van der Waals surface area contributed by atoms with Crippen molar-refractivity contribution in [3.63, 3.8) is 0 Å². The molecule has 31 heavy (non-hydrogen) atoms. The number of cyclic esters (lactones) is 1. The van der Waals surface area contributed by atoms with Gasteiger partial charge in [0.1, 0.15) is 12.3 Å². The maximum atomic E-state index is 13.0. The maximum Gasteiger partial charge on any atom is 0.416 e. The van der Waals surface area contributed by atoms with Gasteiger partial charge in [0.05, 0.1) is 6.04 Å². The Hall–Kier alpha value is -2.48. The molecule has 7 nitrogen and oxygen atoms in total. The van der Waals surface area contributed by atoms with E-state index >= 15 is 0 Å². The summed E-state index contributed by atoms with van der Waals surface area (Å²) in [6.45, 7) is 1.97. The first-order valence-electron chi connectivity index (χ1n) is 10.3. The predicted octanol–water partition coefficient (Wildman–Crippen LogP) is 3.92. The fourth-order valence-electron chi connectivity index (χ4n) is 3.73. The van der Waals surface area contributed by atoms with Crippen LogP contribution >= 0.6 is 11.6 Å². The quantitative estimate of drug-likeness (QED) is 0.587. The number of ether oxygens (including phenoxy) is 2. The summed E-state index contributed by atoms with van der Waals surface area (Å²) < 4.78 is 10.4. The van der Waals surface area contributed by atoms with E-state index in [2.05, 4.69) is 4.98 Å². The molecule has 0 radical (unpaired) electrons. The van der Waals surface area contributed by atoms with Crippen LogP contribution in [0.15, 0.2) is 48.7 Å². The molecule has 3 rings (SSSR count). The average molecular weight is 447 g/mol. The third-order valence-electron chi connectivity index (χ3n) is 5.55. The third kappa shape index (κ3) is 5.61. The third-order valence-corrected chi connectivity index (χ3v) is 5.78. The number of aliphatic hydroxyl groups is 1. The number of pyridine rings is 1. The van der Waals surface area contributed by atoms with Gasteiger partial charge in [-0.1, -0.05) is 48.9 Å². The number of imide groups is 1. The molecule has 0 spiro atoms. The Morgan fingerprint density at radius 2 is 2.13 bits per heavy atom. The Bertz CT molecular complexity index is 910. The van der Waals surface area contributed by atoms with E-state index in [4.69, 9.17) is 21.1 Å². The van der Waals surface area contributed by atoms with Crippen LogP contribution in [0, 0.1) is 5.92 Å². The lowest BCUT2D eigenvalue weighted by atomic mass is 9.97. The summed E-state index contributed by atoms with van der Waals surface area (Å²) in [7, 11) is 1.39. The zero-order valence-corrected chi connectivity index (χ0v) is 18.4. The van der Waals surface area contributed by atoms with Crippen LogP contribution < -0.4 is 0 Å². The summed E-state index contributed by atoms with van der Waals surface area (Å²) in [5, 5.41) is 11.3. The minimum Gasteiger partial charge on any atom is -0.447 e. The van der Waals surface area contributed by atoms with E-state index in [0.717, 1.165) is 5.56 Å². The second kappa shape index (κ2) is 10.2. The fourth-order valence-corrected chi connectivity index (χ4v) is 3.89. The van der Waals surface area contributed by atoms with Crippen molar-refractivity contribution in [2.75, 3.05) is 13.7 Å². The summed E-state index contributed by atoms with van der Waals surface area (Å²) in [6.07, 6.45) is 2.63. The molecular formula is C23H27ClN2O5. The molecule has 0 aliphatic carbocycles. The molecule has 2 amide bonds. The fraction of sp³-hybridized carbons (Fsp3) is 0.435. The topological polar surface area (TPSA) is 89.0 Å². The van der Waals surface area contributed by atoms with Crippen LogP contribution in [0.5, 0.6) is 0 Å². The van der Waals surface area contributed by atoms with Crippen LogP contribution in [0.1, 0.15) is 37.4 Å². The average Bonchev–Trinajstić information content (AvgIpc) is 3.13. The molecule has 1 fully saturated rings. The number of amides is 2. The van der Waals surface area contributed by atoms with Gasteiger partial charge < -0.3 is 14.6 Å². The van der Waals surface area contributed by atoms with Gasteiger partial charge in [-0.15, -0.1) is 0 Å². The second-order valence-corrected chi connectivity index (χ2v) is 8.21. The molecule has 1 N–H and O–H groups in total. The molecule has 1 aliphatic rings. The van der Waals surface area contributed by atoms with Gasteiger partial charge in [0.15, 0.2) is 0 Å². The largest absolute Gasteiger partial charge is 0.447 e. The van der Waals surface area contributed by atoms with Crippen molar-refractivity contribution >= 4 is 23.6 Å². The van der Waals surface area contributed by atoms with E-state index in [-0.39, 0.29) is 25.0 Å². The molecule has 0 unspecified atom stereocenters. The Labute approximate surface area is 186 Å². The highest BCUT2D eigenvalue weighted by Gasteiger charge is 2.40. The van der Waals surface area contributed by atoms with Crippen molar-refractivity contribution in [3.8, 4) is 0 Å². The Morgan fingerprint density at radius 1 is 1.39 bits per heavy atom. The summed E-state index contributed by atoms with van der Waals surface area (Å²) in [6, 6.07) is 12.5. The molecular weight excluding hydrogens is 420 g/mol. The van der Waals surface area contributed by atoms with Crippen molar-refractivity contribution in [2.45, 2.75) is 44.4 Å². The number of hydrogen-bond donors (Lipinski definition) is 1. The van der Waals surface area contributed by atoms with Gasteiger partial charge >= 0.3 is 6.09 Å². The predicted molar refractivity (Wildman–Crippen MR) is 115 cm³/mol. The molecule has 8 heteroatoms. The highest BCUT2D eigenvalue weighted by atomic mass is 35.5. The van der Waals surface area contributed by atoms with E-state index in [1.165, 1.54) is 18.2 Å². The summed E-state index contributed by atoms with van der Waals surface area (Å²) in [5.41, 5.74) is 1.35. The van der Waals surface area contributed by atoms with Crippen LogP contribution in [0.3, 0.4) is 0 Å². The van der Waals surface area contributed by atoms with Crippen LogP contribution in [-0.4, -0.2) is 46.7 Å². The van der Waals surface area contributed by atoms with Crippen LogP contribution in [0.4, 0.5) is 4.79 Å². The smallest absolute Gasteiger partial charge is 0.416 e. The van der Waals surface area contributed by atoms with E-state index in [1.54, 1.807) is 19.1 Å². The molecule has 0 bridgehead atoms. The summed E-state index contributed by atoms with van der Waals surface area (Å²) >= 11 is 5.99. The van der Waals surface area contributed by atoms with E-state index in [0.29, 0.717) is 30.0 Å². The number of rotatable bonds is 9. The van der Waals surface area contributed by atoms with Crippen molar-refractivity contribution in [3.05, 3.63) is 64.9 Å².